The highest BCUT2D eigenvalue weighted by Crippen LogP contribution is 2.17. The molecule has 0 radical (unpaired) electrons. The number of nitrogens with one attached hydrogen (secondary N) is 2. The number of rotatable bonds is 5. The average molecular weight is 322 g/mol. The molecule has 0 saturated heterocycles. The molecular weight excluding hydrogens is 306 g/mol. The number of ether oxygens (including phenoxy) is 1. The summed E-state index contributed by atoms with van der Waals surface area (Å²) in [5.74, 6) is 0.110. The molecule has 0 aromatic heterocycles. The minimum Gasteiger partial charge on any atom is -0.435 e. The van der Waals surface area contributed by atoms with E-state index in [4.69, 9.17) is 12.2 Å². The van der Waals surface area contributed by atoms with Crippen LogP contribution in [0.4, 0.5) is 14.5 Å². The van der Waals surface area contributed by atoms with Gasteiger partial charge in [0.2, 0.25) is 0 Å². The second kappa shape index (κ2) is 7.70. The summed E-state index contributed by atoms with van der Waals surface area (Å²) in [6.07, 6.45) is 0. The topological polar surface area (TPSA) is 33.3 Å². The first-order chi connectivity index (χ1) is 10.5. The van der Waals surface area contributed by atoms with Gasteiger partial charge in [-0.2, -0.15) is 8.78 Å². The Morgan fingerprint density at radius 2 is 1.73 bits per heavy atom. The van der Waals surface area contributed by atoms with E-state index < -0.39 is 6.61 Å². The highest BCUT2D eigenvalue weighted by Gasteiger charge is 2.04. The monoisotopic (exact) mass is 322 g/mol. The summed E-state index contributed by atoms with van der Waals surface area (Å²) in [5.41, 5.74) is 3.02. The van der Waals surface area contributed by atoms with Gasteiger partial charge in [-0.3, -0.25) is 0 Å². The highest BCUT2D eigenvalue weighted by molar-refractivity contribution is 7.80. The van der Waals surface area contributed by atoms with Crippen LogP contribution in [-0.4, -0.2) is 11.7 Å². The Morgan fingerprint density at radius 3 is 2.32 bits per heavy atom. The largest absolute Gasteiger partial charge is 0.435 e. The molecule has 0 bridgehead atoms. The Hall–Kier alpha value is -2.21. The third-order valence-corrected chi connectivity index (χ3v) is 3.16. The van der Waals surface area contributed by atoms with Crippen molar-refractivity contribution in [3.63, 3.8) is 0 Å². The molecular formula is C16H16F2N2OS. The summed E-state index contributed by atoms with van der Waals surface area (Å²) >= 11 is 5.19. The fourth-order valence-corrected chi connectivity index (χ4v) is 1.97. The fraction of sp³-hybridized carbons (Fsp3) is 0.188. The number of hydrogen-bond acceptors (Lipinski definition) is 2. The minimum atomic E-state index is -2.82. The van der Waals surface area contributed by atoms with Crippen molar-refractivity contribution in [2.75, 3.05) is 5.32 Å². The van der Waals surface area contributed by atoms with E-state index in [1.807, 2.05) is 31.2 Å². The van der Waals surface area contributed by atoms with E-state index in [1.165, 1.54) is 17.7 Å². The van der Waals surface area contributed by atoms with Gasteiger partial charge in [0.05, 0.1) is 0 Å². The molecule has 2 aromatic carbocycles. The van der Waals surface area contributed by atoms with Crippen LogP contribution in [0.2, 0.25) is 0 Å². The third kappa shape index (κ3) is 5.29. The molecule has 0 saturated carbocycles. The van der Waals surface area contributed by atoms with E-state index in [9.17, 15) is 8.78 Å². The Balaban J connectivity index is 1.82. The molecule has 116 valence electrons. The Bertz CT molecular complexity index is 615. The molecule has 0 fully saturated rings. The standard InChI is InChI=1S/C16H16F2N2OS/c1-11-2-4-12(5-3-11)10-19-16(22)20-13-6-8-14(9-7-13)21-15(17)18/h2-9,15H,10H2,1H3,(H2,19,20,22). The number of halogens is 2. The quantitative estimate of drug-likeness (QED) is 0.813. The second-order valence-electron chi connectivity index (χ2n) is 4.70. The molecule has 0 spiro atoms. The summed E-state index contributed by atoms with van der Waals surface area (Å²) in [6, 6.07) is 14.3. The summed E-state index contributed by atoms with van der Waals surface area (Å²) < 4.78 is 28.4. The van der Waals surface area contributed by atoms with E-state index >= 15 is 0 Å². The van der Waals surface area contributed by atoms with Crippen molar-refractivity contribution in [3.05, 3.63) is 59.7 Å². The molecule has 0 amide bonds. The zero-order chi connectivity index (χ0) is 15.9. The maximum atomic E-state index is 12.0. The predicted octanol–water partition coefficient (Wildman–Crippen LogP) is 4.08. The highest BCUT2D eigenvalue weighted by atomic mass is 32.1. The van der Waals surface area contributed by atoms with Crippen LogP contribution in [0.3, 0.4) is 0 Å². The lowest BCUT2D eigenvalue weighted by Gasteiger charge is -2.11. The van der Waals surface area contributed by atoms with Crippen LogP contribution in [0.25, 0.3) is 0 Å². The lowest BCUT2D eigenvalue weighted by atomic mass is 10.1. The van der Waals surface area contributed by atoms with Crippen LogP contribution >= 0.6 is 12.2 Å². The van der Waals surface area contributed by atoms with Crippen molar-refractivity contribution in [1.29, 1.82) is 0 Å². The van der Waals surface area contributed by atoms with Crippen molar-refractivity contribution in [2.24, 2.45) is 0 Å². The molecule has 0 heterocycles. The second-order valence-corrected chi connectivity index (χ2v) is 5.10. The number of alkyl halides is 2. The van der Waals surface area contributed by atoms with E-state index in [-0.39, 0.29) is 5.75 Å². The van der Waals surface area contributed by atoms with Gasteiger partial charge in [0.25, 0.3) is 0 Å². The maximum Gasteiger partial charge on any atom is 0.387 e. The van der Waals surface area contributed by atoms with Crippen LogP contribution in [0.1, 0.15) is 11.1 Å². The number of thiocarbonyl (C=S) groups is 1. The van der Waals surface area contributed by atoms with Crippen molar-refractivity contribution < 1.29 is 13.5 Å². The lowest BCUT2D eigenvalue weighted by Crippen LogP contribution is -2.27. The van der Waals surface area contributed by atoms with Crippen molar-refractivity contribution >= 4 is 23.0 Å². The molecule has 0 atom stereocenters. The van der Waals surface area contributed by atoms with Crippen LogP contribution < -0.4 is 15.4 Å². The van der Waals surface area contributed by atoms with Gasteiger partial charge in [-0.1, -0.05) is 29.8 Å². The summed E-state index contributed by atoms with van der Waals surface area (Å²) in [5, 5.41) is 6.53. The molecule has 0 aliphatic heterocycles. The number of benzene rings is 2. The Morgan fingerprint density at radius 1 is 1.09 bits per heavy atom. The van der Waals surface area contributed by atoms with Gasteiger partial charge < -0.3 is 15.4 Å². The summed E-state index contributed by atoms with van der Waals surface area (Å²) in [4.78, 5) is 0. The van der Waals surface area contributed by atoms with Crippen LogP contribution in [0.5, 0.6) is 5.75 Å². The molecule has 2 aromatic rings. The zero-order valence-corrected chi connectivity index (χ0v) is 12.8. The van der Waals surface area contributed by atoms with Crippen molar-refractivity contribution in [2.45, 2.75) is 20.1 Å². The molecule has 2 N–H and O–H groups in total. The molecule has 2 rings (SSSR count). The minimum absolute atomic E-state index is 0.110. The normalized spacial score (nSPS) is 10.4. The Labute approximate surface area is 133 Å². The fourth-order valence-electron chi connectivity index (χ4n) is 1.78. The number of hydrogen-bond donors (Lipinski definition) is 2. The smallest absolute Gasteiger partial charge is 0.387 e. The average Bonchev–Trinajstić information content (AvgIpc) is 2.48. The molecule has 0 unspecified atom stereocenters. The molecule has 6 heteroatoms. The van der Waals surface area contributed by atoms with Gasteiger partial charge in [-0.05, 0) is 49.0 Å². The number of anilines is 1. The summed E-state index contributed by atoms with van der Waals surface area (Å²) in [6.45, 7) is -0.181. The van der Waals surface area contributed by atoms with Gasteiger partial charge >= 0.3 is 6.61 Å². The van der Waals surface area contributed by atoms with Gasteiger partial charge in [0, 0.05) is 12.2 Å². The summed E-state index contributed by atoms with van der Waals surface area (Å²) in [7, 11) is 0. The van der Waals surface area contributed by atoms with E-state index in [0.29, 0.717) is 17.3 Å². The van der Waals surface area contributed by atoms with E-state index in [0.717, 1.165) is 5.56 Å². The first-order valence-electron chi connectivity index (χ1n) is 6.68. The first-order valence-corrected chi connectivity index (χ1v) is 7.09. The maximum absolute atomic E-state index is 12.0. The molecule has 0 aliphatic carbocycles. The predicted molar refractivity (Wildman–Crippen MR) is 87.3 cm³/mol. The lowest BCUT2D eigenvalue weighted by molar-refractivity contribution is -0.0498. The third-order valence-electron chi connectivity index (χ3n) is 2.91. The van der Waals surface area contributed by atoms with Gasteiger partial charge in [0.15, 0.2) is 5.11 Å². The van der Waals surface area contributed by atoms with Crippen LogP contribution in [0, 0.1) is 6.92 Å². The van der Waals surface area contributed by atoms with Crippen LogP contribution in [0.15, 0.2) is 48.5 Å². The molecule has 22 heavy (non-hydrogen) atoms. The molecule has 0 aliphatic rings. The van der Waals surface area contributed by atoms with Gasteiger partial charge in [-0.15, -0.1) is 0 Å². The van der Waals surface area contributed by atoms with E-state index in [2.05, 4.69) is 15.4 Å². The zero-order valence-electron chi connectivity index (χ0n) is 12.0. The first kappa shape index (κ1) is 16.2. The van der Waals surface area contributed by atoms with Crippen molar-refractivity contribution in [1.82, 2.24) is 5.32 Å². The number of aryl methyl sites for hydroxylation is 1. The van der Waals surface area contributed by atoms with Gasteiger partial charge in [0.1, 0.15) is 5.75 Å². The molecule has 3 nitrogen and oxygen atoms in total. The Kier molecular flexibility index (Phi) is 5.66. The SMILES string of the molecule is Cc1ccc(CNC(=S)Nc2ccc(OC(F)F)cc2)cc1. The van der Waals surface area contributed by atoms with E-state index in [1.54, 1.807) is 12.1 Å². The van der Waals surface area contributed by atoms with Gasteiger partial charge in [-0.25, -0.2) is 0 Å². The van der Waals surface area contributed by atoms with Crippen molar-refractivity contribution in [3.8, 4) is 5.75 Å². The van der Waals surface area contributed by atoms with Crippen LogP contribution in [-0.2, 0) is 6.54 Å².